The number of ether oxygens (including phenoxy) is 1. The molecule has 2 heterocycles. The smallest absolute Gasteiger partial charge is 0.264 e. The van der Waals surface area contributed by atoms with Gasteiger partial charge in [0.2, 0.25) is 0 Å². The minimum atomic E-state index is -0.0130. The Morgan fingerprint density at radius 2 is 2.44 bits per heavy atom. The third-order valence-corrected chi connectivity index (χ3v) is 3.87. The summed E-state index contributed by atoms with van der Waals surface area (Å²) < 4.78 is 6.04. The number of rotatable bonds is 3. The standard InChI is InChI=1S/C11H15IN2O2/c1-2-3-8-9(12)11(15)14-10(13-8)7-4-5-16-6-7/h7H,2-6H2,1H3,(H,13,14,15). The van der Waals surface area contributed by atoms with Crippen molar-refractivity contribution < 1.29 is 4.74 Å². The topological polar surface area (TPSA) is 55.0 Å². The van der Waals surface area contributed by atoms with Gasteiger partial charge in [-0.2, -0.15) is 0 Å². The Bertz CT molecular complexity index is 424. The zero-order valence-corrected chi connectivity index (χ0v) is 11.4. The zero-order valence-electron chi connectivity index (χ0n) is 9.25. The Balaban J connectivity index is 2.35. The van der Waals surface area contributed by atoms with Crippen molar-refractivity contribution in [3.8, 4) is 0 Å². The molecular formula is C11H15IN2O2. The van der Waals surface area contributed by atoms with Gasteiger partial charge in [0.25, 0.3) is 5.56 Å². The van der Waals surface area contributed by atoms with Crippen molar-refractivity contribution in [1.29, 1.82) is 0 Å². The summed E-state index contributed by atoms with van der Waals surface area (Å²) in [6, 6.07) is 0. The third-order valence-electron chi connectivity index (χ3n) is 2.75. The van der Waals surface area contributed by atoms with Gasteiger partial charge < -0.3 is 9.72 Å². The van der Waals surface area contributed by atoms with Gasteiger partial charge in [-0.15, -0.1) is 0 Å². The number of aryl methyl sites for hydroxylation is 1. The summed E-state index contributed by atoms with van der Waals surface area (Å²) in [5, 5.41) is 0. The Morgan fingerprint density at radius 3 is 3.06 bits per heavy atom. The lowest BCUT2D eigenvalue weighted by molar-refractivity contribution is 0.193. The summed E-state index contributed by atoms with van der Waals surface area (Å²) in [4.78, 5) is 19.2. The number of halogens is 1. The first-order chi connectivity index (χ1) is 7.72. The molecule has 1 aliphatic rings. The maximum Gasteiger partial charge on any atom is 0.264 e. The van der Waals surface area contributed by atoms with Gasteiger partial charge in [0.05, 0.1) is 15.9 Å². The molecular weight excluding hydrogens is 319 g/mol. The van der Waals surface area contributed by atoms with E-state index in [2.05, 4.69) is 39.5 Å². The summed E-state index contributed by atoms with van der Waals surface area (Å²) in [5.74, 6) is 1.06. The Kier molecular flexibility index (Phi) is 3.96. The summed E-state index contributed by atoms with van der Waals surface area (Å²) in [7, 11) is 0. The first-order valence-corrected chi connectivity index (χ1v) is 6.66. The molecule has 16 heavy (non-hydrogen) atoms. The number of aromatic amines is 1. The molecule has 1 fully saturated rings. The second kappa shape index (κ2) is 5.27. The lowest BCUT2D eigenvalue weighted by atomic mass is 10.1. The number of nitrogens with zero attached hydrogens (tertiary/aromatic N) is 1. The van der Waals surface area contributed by atoms with Gasteiger partial charge in [0.15, 0.2) is 0 Å². The van der Waals surface area contributed by atoms with Crippen LogP contribution in [0.15, 0.2) is 4.79 Å². The van der Waals surface area contributed by atoms with Crippen LogP contribution < -0.4 is 5.56 Å². The minimum absolute atomic E-state index is 0.0130. The van der Waals surface area contributed by atoms with E-state index in [1.54, 1.807) is 0 Å². The monoisotopic (exact) mass is 334 g/mol. The van der Waals surface area contributed by atoms with Gasteiger partial charge in [-0.3, -0.25) is 4.79 Å². The molecule has 1 atom stereocenters. The van der Waals surface area contributed by atoms with Crippen LogP contribution in [0.4, 0.5) is 0 Å². The largest absolute Gasteiger partial charge is 0.381 e. The average molecular weight is 334 g/mol. The minimum Gasteiger partial charge on any atom is -0.381 e. The maximum absolute atomic E-state index is 11.7. The van der Waals surface area contributed by atoms with E-state index in [0.29, 0.717) is 6.61 Å². The summed E-state index contributed by atoms with van der Waals surface area (Å²) in [5.41, 5.74) is 0.912. The van der Waals surface area contributed by atoms with E-state index in [1.807, 2.05) is 0 Å². The van der Waals surface area contributed by atoms with E-state index in [1.165, 1.54) is 0 Å². The van der Waals surface area contributed by atoms with Gasteiger partial charge in [-0.1, -0.05) is 13.3 Å². The van der Waals surface area contributed by atoms with Crippen molar-refractivity contribution in [3.63, 3.8) is 0 Å². The highest BCUT2D eigenvalue weighted by molar-refractivity contribution is 14.1. The molecule has 0 bridgehead atoms. The van der Waals surface area contributed by atoms with Crippen LogP contribution in [0.2, 0.25) is 0 Å². The molecule has 0 amide bonds. The van der Waals surface area contributed by atoms with Gasteiger partial charge >= 0.3 is 0 Å². The molecule has 1 aromatic heterocycles. The van der Waals surface area contributed by atoms with Crippen molar-refractivity contribution in [1.82, 2.24) is 9.97 Å². The highest BCUT2D eigenvalue weighted by atomic mass is 127. The van der Waals surface area contributed by atoms with Crippen molar-refractivity contribution in [2.75, 3.05) is 13.2 Å². The highest BCUT2D eigenvalue weighted by Crippen LogP contribution is 2.22. The van der Waals surface area contributed by atoms with E-state index >= 15 is 0 Å². The predicted octanol–water partition coefficient (Wildman–Crippen LogP) is 1.83. The molecule has 0 aromatic carbocycles. The predicted molar refractivity (Wildman–Crippen MR) is 69.7 cm³/mol. The average Bonchev–Trinajstić information content (AvgIpc) is 2.78. The second-order valence-electron chi connectivity index (χ2n) is 4.02. The molecule has 0 spiro atoms. The Labute approximate surface area is 108 Å². The van der Waals surface area contributed by atoms with Crippen LogP contribution in [-0.2, 0) is 11.2 Å². The van der Waals surface area contributed by atoms with Crippen molar-refractivity contribution in [2.24, 2.45) is 0 Å². The van der Waals surface area contributed by atoms with Gasteiger partial charge in [-0.05, 0) is 35.4 Å². The van der Waals surface area contributed by atoms with Crippen LogP contribution in [0.1, 0.15) is 37.2 Å². The van der Waals surface area contributed by atoms with E-state index in [4.69, 9.17) is 4.74 Å². The number of aromatic nitrogens is 2. The molecule has 4 nitrogen and oxygen atoms in total. The number of H-pyrrole nitrogens is 1. The molecule has 1 unspecified atom stereocenters. The first kappa shape index (κ1) is 12.0. The fraction of sp³-hybridized carbons (Fsp3) is 0.636. The molecule has 1 saturated heterocycles. The molecule has 88 valence electrons. The Hall–Kier alpha value is -0.430. The van der Waals surface area contributed by atoms with Crippen LogP contribution in [0.3, 0.4) is 0 Å². The van der Waals surface area contributed by atoms with Crippen LogP contribution in [-0.4, -0.2) is 23.2 Å². The molecule has 1 N–H and O–H groups in total. The molecule has 5 heteroatoms. The van der Waals surface area contributed by atoms with Gasteiger partial charge in [-0.25, -0.2) is 4.98 Å². The van der Waals surface area contributed by atoms with E-state index in [0.717, 1.165) is 41.0 Å². The van der Waals surface area contributed by atoms with E-state index < -0.39 is 0 Å². The SMILES string of the molecule is CCCc1nc(C2CCOC2)[nH]c(=O)c1I. The second-order valence-corrected chi connectivity index (χ2v) is 5.10. The highest BCUT2D eigenvalue weighted by Gasteiger charge is 2.21. The van der Waals surface area contributed by atoms with Crippen LogP contribution >= 0.6 is 22.6 Å². The summed E-state index contributed by atoms with van der Waals surface area (Å²) >= 11 is 2.07. The number of nitrogens with one attached hydrogen (secondary N) is 1. The summed E-state index contributed by atoms with van der Waals surface area (Å²) in [6.45, 7) is 3.54. The van der Waals surface area contributed by atoms with Crippen LogP contribution in [0.25, 0.3) is 0 Å². The number of hydrogen-bond donors (Lipinski definition) is 1. The van der Waals surface area contributed by atoms with E-state index in [9.17, 15) is 4.79 Å². The van der Waals surface area contributed by atoms with Crippen molar-refractivity contribution in [3.05, 3.63) is 25.4 Å². The molecule has 0 aliphatic carbocycles. The van der Waals surface area contributed by atoms with E-state index in [-0.39, 0.29) is 11.5 Å². The van der Waals surface area contributed by atoms with Crippen LogP contribution in [0, 0.1) is 3.57 Å². The van der Waals surface area contributed by atoms with Crippen molar-refractivity contribution in [2.45, 2.75) is 32.1 Å². The quantitative estimate of drug-likeness (QED) is 0.858. The van der Waals surface area contributed by atoms with Crippen molar-refractivity contribution >= 4 is 22.6 Å². The van der Waals surface area contributed by atoms with Crippen LogP contribution in [0.5, 0.6) is 0 Å². The normalized spacial score (nSPS) is 20.2. The zero-order chi connectivity index (χ0) is 11.5. The van der Waals surface area contributed by atoms with Gasteiger partial charge in [0.1, 0.15) is 5.82 Å². The fourth-order valence-electron chi connectivity index (χ4n) is 1.87. The molecule has 2 rings (SSSR count). The summed E-state index contributed by atoms with van der Waals surface area (Å²) in [6.07, 6.45) is 2.82. The molecule has 0 saturated carbocycles. The first-order valence-electron chi connectivity index (χ1n) is 5.58. The Morgan fingerprint density at radius 1 is 1.62 bits per heavy atom. The maximum atomic E-state index is 11.7. The fourth-order valence-corrected chi connectivity index (χ4v) is 2.40. The molecule has 1 aliphatic heterocycles. The number of hydrogen-bond acceptors (Lipinski definition) is 3. The lowest BCUT2D eigenvalue weighted by Crippen LogP contribution is -2.20. The van der Waals surface area contributed by atoms with Gasteiger partial charge in [0, 0.05) is 12.5 Å². The third kappa shape index (κ3) is 2.45. The lowest BCUT2D eigenvalue weighted by Gasteiger charge is -2.09. The molecule has 1 aromatic rings. The molecule has 0 radical (unpaired) electrons.